The maximum absolute atomic E-state index is 13.8. The van der Waals surface area contributed by atoms with Crippen molar-refractivity contribution < 1.29 is 9.53 Å². The number of carbonyl (C=O) groups is 1. The molecule has 5 rings (SSSR count). The van der Waals surface area contributed by atoms with Crippen molar-refractivity contribution in [1.82, 2.24) is 10.2 Å². The van der Waals surface area contributed by atoms with Crippen LogP contribution in [0.15, 0.2) is 127 Å². The Balaban J connectivity index is 1.82. The van der Waals surface area contributed by atoms with Gasteiger partial charge < -0.3 is 9.64 Å². The normalized spacial score (nSPS) is 14.8. The summed E-state index contributed by atoms with van der Waals surface area (Å²) in [4.78, 5) is 15.9. The molecule has 0 atom stereocenters. The molecule has 1 fully saturated rings. The highest BCUT2D eigenvalue weighted by atomic mass is 31.2. The molecule has 4 nitrogen and oxygen atoms in total. The number of ether oxygens (including phenoxy) is 1. The van der Waals surface area contributed by atoms with E-state index in [0.29, 0.717) is 12.2 Å². The van der Waals surface area contributed by atoms with Crippen molar-refractivity contribution in [3.63, 3.8) is 0 Å². The predicted molar refractivity (Wildman–Crippen MR) is 149 cm³/mol. The van der Waals surface area contributed by atoms with Crippen LogP contribution >= 0.6 is 7.26 Å². The number of likely N-dealkylation sites (N-methyl/N-ethyl adjacent to an activating group) is 1. The molecule has 5 heteroatoms. The minimum Gasteiger partial charge on any atom is -0.473 e. The molecule has 36 heavy (non-hydrogen) atoms. The lowest BCUT2D eigenvalue weighted by Crippen LogP contribution is -2.40. The van der Waals surface area contributed by atoms with E-state index in [2.05, 4.69) is 83.0 Å². The third kappa shape index (κ3) is 4.41. The molecular formula is C31H30N2O2P+. The van der Waals surface area contributed by atoms with Crippen LogP contribution in [0.2, 0.25) is 0 Å². The highest BCUT2D eigenvalue weighted by Crippen LogP contribution is 2.62. The van der Waals surface area contributed by atoms with Gasteiger partial charge in [0.2, 0.25) is 5.44 Å². The first-order valence-electron chi connectivity index (χ1n) is 12.1. The largest absolute Gasteiger partial charge is 0.473 e. The van der Waals surface area contributed by atoms with Crippen LogP contribution in [0.3, 0.4) is 0 Å². The fraction of sp³-hybridized carbons (Fsp3) is 0.129. The number of amides is 1. The first kappa shape index (κ1) is 23.8. The van der Waals surface area contributed by atoms with Gasteiger partial charge in [0, 0.05) is 12.6 Å². The molecule has 1 heterocycles. The molecule has 0 saturated carbocycles. The van der Waals surface area contributed by atoms with Crippen LogP contribution in [0.5, 0.6) is 0 Å². The smallest absolute Gasteiger partial charge is 0.258 e. The lowest BCUT2D eigenvalue weighted by Gasteiger charge is -2.30. The predicted octanol–water partition coefficient (Wildman–Crippen LogP) is 4.81. The van der Waals surface area contributed by atoms with Gasteiger partial charge in [0.25, 0.3) is 11.8 Å². The standard InChI is InChI=1S/C31H29N2O2P/c1-24-18-20-25(21-19-24)29(34)32-30(31-33(2)22-23-35-31)36(26-12-6-3-7-13-26,27-14-8-4-9-15-27)28-16-10-5-11-17-28/h3-21H,22-23H2,1-2H3/p+1/b31-30-. The number of nitrogens with zero attached hydrogens (tertiary/aromatic N) is 1. The first-order chi connectivity index (χ1) is 17.6. The molecule has 1 aliphatic heterocycles. The van der Waals surface area contributed by atoms with Crippen molar-refractivity contribution in [3.05, 3.63) is 138 Å². The summed E-state index contributed by atoms with van der Waals surface area (Å²) >= 11 is 0. The second-order valence-electron chi connectivity index (χ2n) is 8.92. The average Bonchev–Trinajstić information content (AvgIpc) is 3.36. The van der Waals surface area contributed by atoms with Gasteiger partial charge in [-0.15, -0.1) is 0 Å². The molecule has 0 aliphatic carbocycles. The van der Waals surface area contributed by atoms with E-state index in [9.17, 15) is 4.79 Å². The van der Waals surface area contributed by atoms with Crippen LogP contribution in [0.1, 0.15) is 15.9 Å². The fourth-order valence-corrected chi connectivity index (χ4v) is 9.01. The zero-order valence-corrected chi connectivity index (χ0v) is 21.5. The molecule has 0 radical (unpaired) electrons. The van der Waals surface area contributed by atoms with Crippen LogP contribution in [0.4, 0.5) is 0 Å². The second-order valence-corrected chi connectivity index (χ2v) is 12.3. The summed E-state index contributed by atoms with van der Waals surface area (Å²) < 4.78 is 6.27. The highest BCUT2D eigenvalue weighted by molar-refractivity contribution is 7.99. The topological polar surface area (TPSA) is 41.6 Å². The molecule has 180 valence electrons. The molecule has 1 aliphatic rings. The van der Waals surface area contributed by atoms with Crippen LogP contribution in [0.25, 0.3) is 0 Å². The maximum Gasteiger partial charge on any atom is 0.258 e. The molecule has 1 saturated heterocycles. The molecule has 1 N–H and O–H groups in total. The van der Waals surface area contributed by atoms with E-state index in [1.807, 2.05) is 56.4 Å². The zero-order chi connectivity index (χ0) is 25.0. The van der Waals surface area contributed by atoms with Crippen LogP contribution in [0, 0.1) is 6.92 Å². The SMILES string of the molecule is Cc1ccc(C(=O)N/C(=C2/OCCN2C)[P+](c2ccccc2)(c2ccccc2)c2ccccc2)cc1. The van der Waals surface area contributed by atoms with Gasteiger partial charge in [-0.2, -0.15) is 0 Å². The van der Waals surface area contributed by atoms with Crippen LogP contribution in [-0.4, -0.2) is 31.0 Å². The van der Waals surface area contributed by atoms with Gasteiger partial charge >= 0.3 is 0 Å². The number of hydrogen-bond donors (Lipinski definition) is 1. The van der Waals surface area contributed by atoms with E-state index in [1.54, 1.807) is 0 Å². The van der Waals surface area contributed by atoms with Gasteiger partial charge in [0.1, 0.15) is 22.5 Å². The van der Waals surface area contributed by atoms with E-state index in [1.165, 1.54) is 0 Å². The Bertz CT molecular complexity index is 1260. The van der Waals surface area contributed by atoms with Gasteiger partial charge in [0.15, 0.2) is 7.26 Å². The maximum atomic E-state index is 13.8. The minimum atomic E-state index is -2.55. The number of carbonyl (C=O) groups excluding carboxylic acids is 1. The number of rotatable bonds is 6. The van der Waals surface area contributed by atoms with Crippen molar-refractivity contribution in [1.29, 1.82) is 0 Å². The molecule has 0 spiro atoms. The third-order valence-corrected chi connectivity index (χ3v) is 10.7. The van der Waals surface area contributed by atoms with E-state index < -0.39 is 7.26 Å². The number of hydrogen-bond acceptors (Lipinski definition) is 3. The highest BCUT2D eigenvalue weighted by Gasteiger charge is 2.54. The van der Waals surface area contributed by atoms with E-state index in [-0.39, 0.29) is 5.91 Å². The molecule has 0 aromatic heterocycles. The van der Waals surface area contributed by atoms with Crippen molar-refractivity contribution in [2.24, 2.45) is 0 Å². The number of nitrogens with one attached hydrogen (secondary N) is 1. The van der Waals surface area contributed by atoms with Crippen LogP contribution in [-0.2, 0) is 4.74 Å². The molecule has 1 amide bonds. The van der Waals surface area contributed by atoms with Crippen molar-refractivity contribution >= 4 is 29.1 Å². The van der Waals surface area contributed by atoms with Gasteiger partial charge in [0.05, 0.1) is 6.54 Å². The average molecular weight is 494 g/mol. The van der Waals surface area contributed by atoms with Gasteiger partial charge in [-0.3, -0.25) is 10.1 Å². The molecule has 4 aromatic rings. The summed E-state index contributed by atoms with van der Waals surface area (Å²) in [6.07, 6.45) is 0. The number of aryl methyl sites for hydroxylation is 1. The van der Waals surface area contributed by atoms with E-state index in [4.69, 9.17) is 4.74 Å². The minimum absolute atomic E-state index is 0.145. The fourth-order valence-electron chi connectivity index (χ4n) is 4.69. The summed E-state index contributed by atoms with van der Waals surface area (Å²) in [6.45, 7) is 3.36. The summed E-state index contributed by atoms with van der Waals surface area (Å²) in [5.41, 5.74) is 2.55. The Morgan fingerprint density at radius 3 is 1.64 bits per heavy atom. The Morgan fingerprint density at radius 1 is 0.750 bits per heavy atom. The van der Waals surface area contributed by atoms with Gasteiger partial charge in [-0.05, 0) is 55.5 Å². The van der Waals surface area contributed by atoms with Gasteiger partial charge in [-0.1, -0.05) is 72.3 Å². The summed E-state index contributed by atoms with van der Waals surface area (Å²) in [5, 5.41) is 6.84. The Morgan fingerprint density at radius 2 is 1.22 bits per heavy atom. The quantitative estimate of drug-likeness (QED) is 0.392. The van der Waals surface area contributed by atoms with Crippen LogP contribution < -0.4 is 21.2 Å². The molecular weight excluding hydrogens is 463 g/mol. The lowest BCUT2D eigenvalue weighted by atomic mass is 10.1. The Labute approximate surface area is 213 Å². The van der Waals surface area contributed by atoms with Gasteiger partial charge in [-0.25, -0.2) is 0 Å². The monoisotopic (exact) mass is 493 g/mol. The molecule has 0 bridgehead atoms. The lowest BCUT2D eigenvalue weighted by molar-refractivity contribution is 0.0964. The van der Waals surface area contributed by atoms with E-state index in [0.717, 1.165) is 39.3 Å². The second kappa shape index (κ2) is 10.4. The summed E-state index contributed by atoms with van der Waals surface area (Å²) in [6, 6.07) is 39.2. The van der Waals surface area contributed by atoms with E-state index >= 15 is 0 Å². The van der Waals surface area contributed by atoms with Crippen molar-refractivity contribution in [2.75, 3.05) is 20.2 Å². The Kier molecular flexibility index (Phi) is 6.88. The summed E-state index contributed by atoms with van der Waals surface area (Å²) in [7, 11) is -0.529. The molecule has 0 unspecified atom stereocenters. The zero-order valence-electron chi connectivity index (χ0n) is 20.6. The Hall–Kier alpha value is -3.88. The molecule has 4 aromatic carbocycles. The van der Waals surface area contributed by atoms with Crippen molar-refractivity contribution in [3.8, 4) is 0 Å². The van der Waals surface area contributed by atoms with Crippen molar-refractivity contribution in [2.45, 2.75) is 6.92 Å². The first-order valence-corrected chi connectivity index (χ1v) is 13.9. The third-order valence-electron chi connectivity index (χ3n) is 6.53. The number of benzene rings is 4. The summed E-state index contributed by atoms with van der Waals surface area (Å²) in [5.74, 6) is 0.578.